The zero-order valence-corrected chi connectivity index (χ0v) is 18.1. The van der Waals surface area contributed by atoms with E-state index in [9.17, 15) is 4.79 Å². The molecule has 3 aromatic rings. The molecule has 1 amide bonds. The normalized spacial score (nSPS) is 14.5. The molecule has 0 aliphatic carbocycles. The first-order chi connectivity index (χ1) is 15.2. The van der Waals surface area contributed by atoms with E-state index in [1.54, 1.807) is 32.4 Å². The fraction of sp³-hybridized carbons (Fsp3) is 0.269. The van der Waals surface area contributed by atoms with Crippen molar-refractivity contribution in [3.63, 3.8) is 0 Å². The van der Waals surface area contributed by atoms with Crippen LogP contribution in [0.5, 0.6) is 11.5 Å². The number of nitrogens with one attached hydrogen (secondary N) is 1. The van der Waals surface area contributed by atoms with Crippen molar-refractivity contribution >= 4 is 5.91 Å². The fourth-order valence-corrected chi connectivity index (χ4v) is 4.39. The van der Waals surface area contributed by atoms with Gasteiger partial charge in [0.1, 0.15) is 17.5 Å². The van der Waals surface area contributed by atoms with E-state index in [2.05, 4.69) is 60.7 Å². The Balaban J connectivity index is 1.51. The highest BCUT2D eigenvalue weighted by Gasteiger charge is 2.32. The molecule has 0 radical (unpaired) electrons. The number of amides is 1. The molecule has 0 unspecified atom stereocenters. The van der Waals surface area contributed by atoms with Gasteiger partial charge < -0.3 is 19.3 Å². The Morgan fingerprint density at radius 1 is 0.839 bits per heavy atom. The molecule has 1 saturated heterocycles. The third-order valence-corrected chi connectivity index (χ3v) is 6.01. The van der Waals surface area contributed by atoms with Gasteiger partial charge in [0, 0.05) is 17.2 Å². The molecule has 31 heavy (non-hydrogen) atoms. The van der Waals surface area contributed by atoms with Crippen LogP contribution < -0.4 is 14.4 Å². The lowest BCUT2D eigenvalue weighted by Crippen LogP contribution is -3.15. The summed E-state index contributed by atoms with van der Waals surface area (Å²) in [6.07, 6.45) is 0. The molecular weight excluding hydrogens is 388 g/mol. The summed E-state index contributed by atoms with van der Waals surface area (Å²) in [6, 6.07) is 26.9. The van der Waals surface area contributed by atoms with Crippen LogP contribution in [-0.2, 0) is 0 Å². The maximum absolute atomic E-state index is 13.2. The maximum atomic E-state index is 13.2. The van der Waals surface area contributed by atoms with Gasteiger partial charge in [-0.3, -0.25) is 4.79 Å². The van der Waals surface area contributed by atoms with Crippen LogP contribution in [0.1, 0.15) is 27.5 Å². The molecule has 3 aromatic carbocycles. The second-order valence-corrected chi connectivity index (χ2v) is 7.77. The Labute approximate surface area is 183 Å². The van der Waals surface area contributed by atoms with Gasteiger partial charge in [0.2, 0.25) is 0 Å². The van der Waals surface area contributed by atoms with Crippen molar-refractivity contribution in [3.8, 4) is 11.5 Å². The Kier molecular flexibility index (Phi) is 6.53. The lowest BCUT2D eigenvalue weighted by atomic mass is 9.96. The van der Waals surface area contributed by atoms with Gasteiger partial charge >= 0.3 is 0 Å². The molecule has 1 aliphatic rings. The van der Waals surface area contributed by atoms with Crippen molar-refractivity contribution in [1.29, 1.82) is 0 Å². The summed E-state index contributed by atoms with van der Waals surface area (Å²) in [5.74, 6) is 1.23. The molecule has 1 N–H and O–H groups in total. The van der Waals surface area contributed by atoms with E-state index in [-0.39, 0.29) is 11.9 Å². The molecule has 0 spiro atoms. The molecule has 0 bridgehead atoms. The zero-order valence-electron chi connectivity index (χ0n) is 18.1. The van der Waals surface area contributed by atoms with Crippen molar-refractivity contribution in [1.82, 2.24) is 4.90 Å². The van der Waals surface area contributed by atoms with Crippen LogP contribution in [0.2, 0.25) is 0 Å². The number of ether oxygens (including phenoxy) is 2. The molecular formula is C26H29N2O3+. The Morgan fingerprint density at radius 3 is 1.94 bits per heavy atom. The second kappa shape index (κ2) is 9.67. The van der Waals surface area contributed by atoms with Gasteiger partial charge in [0.25, 0.3) is 5.91 Å². The molecule has 160 valence electrons. The number of benzene rings is 3. The van der Waals surface area contributed by atoms with Gasteiger partial charge in [-0.05, 0) is 12.1 Å². The number of nitrogens with zero attached hydrogens (tertiary/aromatic N) is 1. The van der Waals surface area contributed by atoms with Gasteiger partial charge in [-0.1, -0.05) is 60.7 Å². The van der Waals surface area contributed by atoms with E-state index in [4.69, 9.17) is 9.47 Å². The van der Waals surface area contributed by atoms with Crippen LogP contribution in [0.15, 0.2) is 78.9 Å². The summed E-state index contributed by atoms with van der Waals surface area (Å²) in [5.41, 5.74) is 3.19. The maximum Gasteiger partial charge on any atom is 0.258 e. The first-order valence-corrected chi connectivity index (χ1v) is 10.7. The smallest absolute Gasteiger partial charge is 0.258 e. The number of carbonyl (C=O) groups is 1. The molecule has 1 fully saturated rings. The molecule has 4 rings (SSSR count). The Hall–Kier alpha value is -3.31. The standard InChI is InChI=1S/C26H28N2O3/c1-30-22-13-14-23(24(19-22)31-2)26(29)28-17-15-27(16-18-28)25(20-9-5-3-6-10-20)21-11-7-4-8-12-21/h3-14,19,25H,15-18H2,1-2H3/p+1. The van der Waals surface area contributed by atoms with Crippen molar-refractivity contribution in [2.75, 3.05) is 40.4 Å². The minimum Gasteiger partial charge on any atom is -0.497 e. The largest absolute Gasteiger partial charge is 0.497 e. The lowest BCUT2D eigenvalue weighted by molar-refractivity contribution is -0.929. The molecule has 0 saturated carbocycles. The second-order valence-electron chi connectivity index (χ2n) is 7.77. The van der Waals surface area contributed by atoms with Gasteiger partial charge in [-0.15, -0.1) is 0 Å². The summed E-state index contributed by atoms with van der Waals surface area (Å²) in [6.45, 7) is 3.19. The minimum absolute atomic E-state index is 0.00882. The predicted molar refractivity (Wildman–Crippen MR) is 121 cm³/mol. The SMILES string of the molecule is COc1ccc(C(=O)N2CC[NH+](C(c3ccccc3)c3ccccc3)CC2)c(OC)c1. The highest BCUT2D eigenvalue weighted by molar-refractivity contribution is 5.97. The van der Waals surface area contributed by atoms with Crippen molar-refractivity contribution in [3.05, 3.63) is 95.6 Å². The number of carbonyl (C=O) groups excluding carboxylic acids is 1. The summed E-state index contributed by atoms with van der Waals surface area (Å²) in [4.78, 5) is 16.6. The Bertz CT molecular complexity index is 960. The van der Waals surface area contributed by atoms with Crippen LogP contribution >= 0.6 is 0 Å². The minimum atomic E-state index is 0.00882. The van der Waals surface area contributed by atoms with E-state index in [0.29, 0.717) is 30.2 Å². The number of hydrogen-bond acceptors (Lipinski definition) is 3. The van der Waals surface area contributed by atoms with Crippen LogP contribution in [0.3, 0.4) is 0 Å². The topological polar surface area (TPSA) is 43.2 Å². The fourth-order valence-electron chi connectivity index (χ4n) is 4.39. The first kappa shape index (κ1) is 20.9. The van der Waals surface area contributed by atoms with E-state index < -0.39 is 0 Å². The molecule has 5 nitrogen and oxygen atoms in total. The van der Waals surface area contributed by atoms with E-state index in [1.807, 2.05) is 4.90 Å². The Morgan fingerprint density at radius 2 is 1.42 bits per heavy atom. The van der Waals surface area contributed by atoms with Crippen LogP contribution in [0, 0.1) is 0 Å². The zero-order chi connectivity index (χ0) is 21.6. The van der Waals surface area contributed by atoms with Crippen LogP contribution in [0.4, 0.5) is 0 Å². The van der Waals surface area contributed by atoms with Crippen molar-refractivity contribution in [2.45, 2.75) is 6.04 Å². The van der Waals surface area contributed by atoms with Crippen molar-refractivity contribution in [2.24, 2.45) is 0 Å². The predicted octanol–water partition coefficient (Wildman–Crippen LogP) is 2.83. The average Bonchev–Trinajstić information content (AvgIpc) is 2.85. The van der Waals surface area contributed by atoms with Gasteiger partial charge in [0.15, 0.2) is 0 Å². The molecule has 1 heterocycles. The summed E-state index contributed by atoms with van der Waals surface area (Å²) < 4.78 is 10.7. The number of methoxy groups -OCH3 is 2. The summed E-state index contributed by atoms with van der Waals surface area (Å²) in [7, 11) is 3.19. The van der Waals surface area contributed by atoms with Crippen molar-refractivity contribution < 1.29 is 19.2 Å². The van der Waals surface area contributed by atoms with Gasteiger partial charge in [0.05, 0.1) is 46.0 Å². The number of hydrogen-bond donors (Lipinski definition) is 1. The van der Waals surface area contributed by atoms with E-state index in [1.165, 1.54) is 16.0 Å². The lowest BCUT2D eigenvalue weighted by Gasteiger charge is -2.37. The van der Waals surface area contributed by atoms with Gasteiger partial charge in [-0.25, -0.2) is 0 Å². The van der Waals surface area contributed by atoms with Gasteiger partial charge in [-0.2, -0.15) is 0 Å². The monoisotopic (exact) mass is 417 g/mol. The molecule has 1 aliphatic heterocycles. The van der Waals surface area contributed by atoms with E-state index in [0.717, 1.165) is 13.1 Å². The summed E-state index contributed by atoms with van der Waals surface area (Å²) >= 11 is 0. The first-order valence-electron chi connectivity index (χ1n) is 10.7. The number of piperazine rings is 1. The third-order valence-electron chi connectivity index (χ3n) is 6.01. The highest BCUT2D eigenvalue weighted by atomic mass is 16.5. The molecule has 5 heteroatoms. The van der Waals surface area contributed by atoms with Crippen LogP contribution in [0.25, 0.3) is 0 Å². The molecule has 0 atom stereocenters. The number of rotatable bonds is 6. The third kappa shape index (κ3) is 4.57. The number of quaternary nitrogens is 1. The summed E-state index contributed by atoms with van der Waals surface area (Å²) in [5, 5.41) is 0. The highest BCUT2D eigenvalue weighted by Crippen LogP contribution is 2.26. The van der Waals surface area contributed by atoms with Crippen LogP contribution in [-0.4, -0.2) is 51.2 Å². The molecule has 0 aromatic heterocycles. The quantitative estimate of drug-likeness (QED) is 0.671. The van der Waals surface area contributed by atoms with E-state index >= 15 is 0 Å². The average molecular weight is 418 g/mol.